The first-order valence-corrected chi connectivity index (χ1v) is 4.58. The summed E-state index contributed by atoms with van der Waals surface area (Å²) < 4.78 is 0. The molecule has 0 saturated carbocycles. The Kier molecular flexibility index (Phi) is 6.32. The van der Waals surface area contributed by atoms with Crippen LogP contribution < -0.4 is 11.5 Å². The Hall–Kier alpha value is -1.40. The monoisotopic (exact) mass is 216 g/mol. The second-order valence-electron chi connectivity index (χ2n) is 3.24. The number of carbonyl (C=O) groups is 2. The Morgan fingerprint density at radius 2 is 1.80 bits per heavy atom. The van der Waals surface area contributed by atoms with Gasteiger partial charge in [-0.15, -0.1) is 0 Å². The van der Waals surface area contributed by atoms with Gasteiger partial charge in [0.15, 0.2) is 0 Å². The first-order chi connectivity index (χ1) is 6.93. The van der Waals surface area contributed by atoms with Crippen LogP contribution in [-0.4, -0.2) is 34.2 Å². The predicted molar refractivity (Wildman–Crippen MR) is 54.2 cm³/mol. The highest BCUT2D eigenvalue weighted by atomic mass is 16.4. The average molecular weight is 216 g/mol. The summed E-state index contributed by atoms with van der Waals surface area (Å²) in [6, 6.07) is -1.25. The lowest BCUT2D eigenvalue weighted by atomic mass is 10.1. The van der Waals surface area contributed by atoms with Crippen molar-refractivity contribution >= 4 is 11.9 Å². The normalized spacial score (nSPS) is 15.1. The van der Waals surface area contributed by atoms with Crippen LogP contribution >= 0.6 is 0 Å². The summed E-state index contributed by atoms with van der Waals surface area (Å²) in [5.74, 6) is -2.09. The van der Waals surface area contributed by atoms with Crippen LogP contribution in [0.5, 0.6) is 0 Å². The van der Waals surface area contributed by atoms with E-state index >= 15 is 0 Å². The highest BCUT2D eigenvalue weighted by molar-refractivity contribution is 5.79. The SMILES string of the molecule is NC(C=CC(=O)O)CCCC(N)C(=O)O. The Morgan fingerprint density at radius 3 is 2.27 bits per heavy atom. The van der Waals surface area contributed by atoms with E-state index in [2.05, 4.69) is 0 Å². The molecular weight excluding hydrogens is 200 g/mol. The second-order valence-corrected chi connectivity index (χ2v) is 3.24. The number of hydrogen-bond acceptors (Lipinski definition) is 4. The van der Waals surface area contributed by atoms with E-state index in [4.69, 9.17) is 21.7 Å². The minimum atomic E-state index is -1.05. The zero-order valence-corrected chi connectivity index (χ0v) is 8.30. The predicted octanol–water partition coefficient (Wildman–Crippen LogP) is -0.463. The van der Waals surface area contributed by atoms with Crippen molar-refractivity contribution in [1.82, 2.24) is 0 Å². The number of rotatable bonds is 7. The summed E-state index contributed by atoms with van der Waals surface area (Å²) in [6.07, 6.45) is 3.75. The van der Waals surface area contributed by atoms with Crippen LogP contribution in [0.25, 0.3) is 0 Å². The minimum Gasteiger partial charge on any atom is -0.480 e. The summed E-state index contributed by atoms with van der Waals surface area (Å²) >= 11 is 0. The molecule has 0 bridgehead atoms. The van der Waals surface area contributed by atoms with E-state index in [1.165, 1.54) is 6.08 Å². The van der Waals surface area contributed by atoms with E-state index in [1.807, 2.05) is 0 Å². The van der Waals surface area contributed by atoms with Crippen molar-refractivity contribution in [2.24, 2.45) is 11.5 Å². The van der Waals surface area contributed by atoms with Crippen LogP contribution in [0.4, 0.5) is 0 Å². The van der Waals surface area contributed by atoms with Crippen LogP contribution in [0.1, 0.15) is 19.3 Å². The van der Waals surface area contributed by atoms with Gasteiger partial charge in [-0.05, 0) is 19.3 Å². The molecule has 0 radical (unpaired) electrons. The first-order valence-electron chi connectivity index (χ1n) is 4.58. The minimum absolute atomic E-state index is 0.337. The van der Waals surface area contributed by atoms with Gasteiger partial charge in [0, 0.05) is 12.1 Å². The van der Waals surface area contributed by atoms with Gasteiger partial charge >= 0.3 is 11.9 Å². The van der Waals surface area contributed by atoms with E-state index < -0.39 is 18.0 Å². The number of nitrogens with two attached hydrogens (primary N) is 2. The van der Waals surface area contributed by atoms with E-state index in [-0.39, 0.29) is 6.04 Å². The first kappa shape index (κ1) is 13.6. The highest BCUT2D eigenvalue weighted by Crippen LogP contribution is 2.02. The van der Waals surface area contributed by atoms with Gasteiger partial charge in [-0.1, -0.05) is 6.08 Å². The number of carboxylic acid groups (broad SMARTS) is 2. The fourth-order valence-electron chi connectivity index (χ4n) is 0.999. The fourth-order valence-corrected chi connectivity index (χ4v) is 0.999. The van der Waals surface area contributed by atoms with Crippen molar-refractivity contribution in [1.29, 1.82) is 0 Å². The number of hydrogen-bond donors (Lipinski definition) is 4. The summed E-state index contributed by atoms with van der Waals surface area (Å²) in [5.41, 5.74) is 10.8. The van der Waals surface area contributed by atoms with Crippen molar-refractivity contribution in [3.63, 3.8) is 0 Å². The molecule has 0 rings (SSSR count). The van der Waals surface area contributed by atoms with Gasteiger partial charge in [-0.2, -0.15) is 0 Å². The van der Waals surface area contributed by atoms with Gasteiger partial charge in [-0.25, -0.2) is 4.79 Å². The molecule has 0 saturated heterocycles. The Labute approximate surface area is 87.6 Å². The van der Waals surface area contributed by atoms with Crippen molar-refractivity contribution in [2.45, 2.75) is 31.3 Å². The molecule has 0 aromatic carbocycles. The standard InChI is InChI=1S/C9H16N2O4/c10-6(4-5-8(12)13)2-1-3-7(11)9(14)15/h4-7H,1-3,10-11H2,(H,12,13)(H,14,15). The summed E-state index contributed by atoms with van der Waals surface area (Å²) in [4.78, 5) is 20.5. The summed E-state index contributed by atoms with van der Waals surface area (Å²) in [5, 5.41) is 16.8. The van der Waals surface area contributed by atoms with Crippen molar-refractivity contribution in [3.05, 3.63) is 12.2 Å². The van der Waals surface area contributed by atoms with E-state index in [0.717, 1.165) is 6.08 Å². The molecule has 2 atom stereocenters. The van der Waals surface area contributed by atoms with Crippen LogP contribution in [0.2, 0.25) is 0 Å². The third-order valence-electron chi connectivity index (χ3n) is 1.86. The van der Waals surface area contributed by atoms with Crippen LogP contribution in [-0.2, 0) is 9.59 Å². The Bertz CT molecular complexity index is 252. The maximum absolute atomic E-state index is 10.3. The summed E-state index contributed by atoms with van der Waals surface area (Å²) in [6.45, 7) is 0. The number of aliphatic carboxylic acids is 2. The molecule has 0 aliphatic heterocycles. The Morgan fingerprint density at radius 1 is 1.20 bits per heavy atom. The van der Waals surface area contributed by atoms with Gasteiger partial charge in [0.1, 0.15) is 6.04 Å². The smallest absolute Gasteiger partial charge is 0.328 e. The lowest BCUT2D eigenvalue weighted by molar-refractivity contribution is -0.138. The van der Waals surface area contributed by atoms with Gasteiger partial charge in [-0.3, -0.25) is 4.79 Å². The fraction of sp³-hybridized carbons (Fsp3) is 0.556. The maximum Gasteiger partial charge on any atom is 0.328 e. The van der Waals surface area contributed by atoms with E-state index in [0.29, 0.717) is 19.3 Å². The molecule has 0 aliphatic carbocycles. The molecule has 0 heterocycles. The van der Waals surface area contributed by atoms with E-state index in [1.54, 1.807) is 0 Å². The van der Waals surface area contributed by atoms with Gasteiger partial charge in [0.05, 0.1) is 0 Å². The third kappa shape index (κ3) is 7.65. The van der Waals surface area contributed by atoms with Crippen molar-refractivity contribution in [3.8, 4) is 0 Å². The van der Waals surface area contributed by atoms with Gasteiger partial charge < -0.3 is 21.7 Å². The van der Waals surface area contributed by atoms with Crippen LogP contribution in [0, 0.1) is 0 Å². The van der Waals surface area contributed by atoms with Crippen molar-refractivity contribution in [2.75, 3.05) is 0 Å². The zero-order valence-electron chi connectivity index (χ0n) is 8.30. The topological polar surface area (TPSA) is 127 Å². The molecule has 6 heteroatoms. The largest absolute Gasteiger partial charge is 0.480 e. The molecule has 0 fully saturated rings. The van der Waals surface area contributed by atoms with Crippen molar-refractivity contribution < 1.29 is 19.8 Å². The molecule has 0 amide bonds. The molecule has 0 aliphatic rings. The van der Waals surface area contributed by atoms with E-state index in [9.17, 15) is 9.59 Å². The molecule has 0 spiro atoms. The quantitative estimate of drug-likeness (QED) is 0.426. The molecular formula is C9H16N2O4. The highest BCUT2D eigenvalue weighted by Gasteiger charge is 2.10. The van der Waals surface area contributed by atoms with Gasteiger partial charge in [0.25, 0.3) is 0 Å². The number of carboxylic acids is 2. The summed E-state index contributed by atoms with van der Waals surface area (Å²) in [7, 11) is 0. The second kappa shape index (κ2) is 6.97. The Balaban J connectivity index is 3.68. The molecule has 0 aromatic heterocycles. The zero-order chi connectivity index (χ0) is 11.8. The molecule has 2 unspecified atom stereocenters. The molecule has 0 aromatic rings. The van der Waals surface area contributed by atoms with Crippen LogP contribution in [0.3, 0.4) is 0 Å². The average Bonchev–Trinajstić information content (AvgIpc) is 2.14. The molecule has 6 nitrogen and oxygen atoms in total. The molecule has 86 valence electrons. The van der Waals surface area contributed by atoms with Crippen LogP contribution in [0.15, 0.2) is 12.2 Å². The molecule has 6 N–H and O–H groups in total. The van der Waals surface area contributed by atoms with Gasteiger partial charge in [0.2, 0.25) is 0 Å². The lowest BCUT2D eigenvalue weighted by Gasteiger charge is -2.08. The lowest BCUT2D eigenvalue weighted by Crippen LogP contribution is -2.30. The maximum atomic E-state index is 10.3. The molecule has 15 heavy (non-hydrogen) atoms. The third-order valence-corrected chi connectivity index (χ3v) is 1.86.